The summed E-state index contributed by atoms with van der Waals surface area (Å²) in [7, 11) is 0. The summed E-state index contributed by atoms with van der Waals surface area (Å²) in [6.45, 7) is 1.18. The summed E-state index contributed by atoms with van der Waals surface area (Å²) < 4.78 is 1.76. The number of para-hydroxylation sites is 2. The molecule has 2 aromatic rings. The number of carboxylic acids is 1. The van der Waals surface area contributed by atoms with E-state index in [9.17, 15) is 14.7 Å². The normalized spacial score (nSPS) is 27.4. The van der Waals surface area contributed by atoms with Crippen LogP contribution in [0.25, 0.3) is 11.0 Å². The molecule has 1 aromatic heterocycles. The van der Waals surface area contributed by atoms with E-state index in [0.717, 1.165) is 24.3 Å². The summed E-state index contributed by atoms with van der Waals surface area (Å²) >= 11 is 0. The molecule has 2 saturated heterocycles. The fourth-order valence-corrected chi connectivity index (χ4v) is 6.49. The first-order valence-electron chi connectivity index (χ1n) is 12.1. The van der Waals surface area contributed by atoms with E-state index >= 15 is 0 Å². The van der Waals surface area contributed by atoms with E-state index in [1.807, 2.05) is 18.2 Å². The van der Waals surface area contributed by atoms with Crippen molar-refractivity contribution >= 4 is 17.0 Å². The minimum absolute atomic E-state index is 0.0414. The van der Waals surface area contributed by atoms with Crippen LogP contribution in [0.15, 0.2) is 29.1 Å². The van der Waals surface area contributed by atoms with E-state index in [1.165, 1.54) is 64.3 Å². The predicted octanol–water partition coefficient (Wildman–Crippen LogP) is 4.62. The van der Waals surface area contributed by atoms with E-state index in [1.54, 1.807) is 10.6 Å². The fourth-order valence-electron chi connectivity index (χ4n) is 6.49. The highest BCUT2D eigenvalue weighted by Gasteiger charge is 2.39. The monoisotopic (exact) mass is 423 g/mol. The van der Waals surface area contributed by atoms with Crippen LogP contribution in [-0.4, -0.2) is 44.2 Å². The lowest BCUT2D eigenvalue weighted by Crippen LogP contribution is -2.53. The summed E-state index contributed by atoms with van der Waals surface area (Å²) in [6.07, 6.45) is 13.7. The molecule has 1 aliphatic carbocycles. The zero-order valence-electron chi connectivity index (χ0n) is 18.2. The Morgan fingerprint density at radius 3 is 2.39 bits per heavy atom. The maximum absolute atomic E-state index is 13.2. The van der Waals surface area contributed by atoms with Crippen molar-refractivity contribution in [1.29, 1.82) is 0 Å². The largest absolute Gasteiger partial charge is 0.476 e. The van der Waals surface area contributed by atoms with Crippen molar-refractivity contribution in [2.45, 2.75) is 88.8 Å². The van der Waals surface area contributed by atoms with Gasteiger partial charge in [-0.3, -0.25) is 9.69 Å². The first-order valence-corrected chi connectivity index (χ1v) is 12.1. The summed E-state index contributed by atoms with van der Waals surface area (Å²) in [5.74, 6) is -0.355. The van der Waals surface area contributed by atoms with Gasteiger partial charge in [0.25, 0.3) is 5.56 Å². The van der Waals surface area contributed by atoms with Crippen LogP contribution in [0.3, 0.4) is 0 Å². The molecule has 166 valence electrons. The Bertz CT molecular complexity index is 997. The fraction of sp³-hybridized carbons (Fsp3) is 0.640. The van der Waals surface area contributed by atoms with Gasteiger partial charge in [-0.15, -0.1) is 0 Å². The predicted molar refractivity (Wildman–Crippen MR) is 121 cm³/mol. The number of carboxylic acid groups (broad SMARTS) is 1. The van der Waals surface area contributed by atoms with Gasteiger partial charge in [-0.2, -0.15) is 0 Å². The van der Waals surface area contributed by atoms with Gasteiger partial charge in [0.05, 0.1) is 11.0 Å². The van der Waals surface area contributed by atoms with E-state index in [2.05, 4.69) is 9.88 Å². The number of benzene rings is 1. The number of piperidine rings is 2. The Morgan fingerprint density at radius 2 is 1.68 bits per heavy atom. The molecule has 6 heteroatoms. The van der Waals surface area contributed by atoms with Crippen LogP contribution >= 0.6 is 0 Å². The van der Waals surface area contributed by atoms with Crippen LogP contribution < -0.4 is 5.56 Å². The van der Waals surface area contributed by atoms with Crippen LogP contribution in [0.4, 0.5) is 0 Å². The third-order valence-corrected chi connectivity index (χ3v) is 7.98. The molecular formula is C25H33N3O3. The van der Waals surface area contributed by atoms with Crippen molar-refractivity contribution in [1.82, 2.24) is 14.5 Å². The average molecular weight is 424 g/mol. The number of nitrogens with zero attached hydrogens (tertiary/aromatic N) is 3. The van der Waals surface area contributed by atoms with E-state index in [4.69, 9.17) is 0 Å². The maximum atomic E-state index is 13.2. The number of aromatic carboxylic acids is 1. The third-order valence-electron chi connectivity index (χ3n) is 7.98. The van der Waals surface area contributed by atoms with Crippen molar-refractivity contribution in [3.63, 3.8) is 0 Å². The second-order valence-electron chi connectivity index (χ2n) is 9.82. The van der Waals surface area contributed by atoms with Gasteiger partial charge in [-0.25, -0.2) is 9.78 Å². The van der Waals surface area contributed by atoms with E-state index in [-0.39, 0.29) is 11.7 Å². The van der Waals surface area contributed by atoms with E-state index in [0.29, 0.717) is 17.6 Å². The number of hydrogen-bond donors (Lipinski definition) is 1. The van der Waals surface area contributed by atoms with Crippen LogP contribution in [0.5, 0.6) is 0 Å². The first kappa shape index (κ1) is 20.7. The van der Waals surface area contributed by atoms with Gasteiger partial charge in [0.2, 0.25) is 5.69 Å². The molecule has 1 N–H and O–H groups in total. The van der Waals surface area contributed by atoms with E-state index < -0.39 is 11.5 Å². The van der Waals surface area contributed by atoms with Gasteiger partial charge in [0.1, 0.15) is 0 Å². The molecule has 0 spiro atoms. The lowest BCUT2D eigenvalue weighted by atomic mass is 9.80. The van der Waals surface area contributed by atoms with Crippen molar-refractivity contribution in [3.05, 3.63) is 40.3 Å². The van der Waals surface area contributed by atoms with Crippen LogP contribution in [-0.2, 0) is 0 Å². The number of aromatic nitrogens is 2. The quantitative estimate of drug-likeness (QED) is 0.759. The summed E-state index contributed by atoms with van der Waals surface area (Å²) in [5, 5.41) is 9.56. The van der Waals surface area contributed by atoms with Crippen molar-refractivity contribution in [2.24, 2.45) is 5.92 Å². The molecule has 1 unspecified atom stereocenters. The molecule has 0 radical (unpaired) electrons. The summed E-state index contributed by atoms with van der Waals surface area (Å²) in [4.78, 5) is 31.8. The van der Waals surface area contributed by atoms with Gasteiger partial charge in [-0.1, -0.05) is 50.7 Å². The summed E-state index contributed by atoms with van der Waals surface area (Å²) in [6, 6.07) is 8.48. The number of rotatable bonds is 5. The third kappa shape index (κ3) is 4.02. The molecule has 1 saturated carbocycles. The Labute approximate surface area is 183 Å². The van der Waals surface area contributed by atoms with Crippen molar-refractivity contribution in [3.8, 4) is 0 Å². The minimum Gasteiger partial charge on any atom is -0.476 e. The Morgan fingerprint density at radius 1 is 0.968 bits per heavy atom. The number of carbonyl (C=O) groups is 1. The van der Waals surface area contributed by atoms with Gasteiger partial charge in [0.15, 0.2) is 0 Å². The standard InChI is InChI=1S/C25H33N3O3/c29-24-23(25(30)31)26-21-11-4-5-12-22(21)28(24)20-15-18-9-6-10-19(16-20)27(18)14-13-17-7-2-1-3-8-17/h4-5,11-12,17-20H,1-3,6-10,13-16H2,(H,30,31)/t18-,19+,20?. The Balaban J connectivity index is 1.42. The van der Waals surface area contributed by atoms with Crippen LogP contribution in [0, 0.1) is 5.92 Å². The molecule has 3 fully saturated rings. The molecule has 3 atom stereocenters. The van der Waals surface area contributed by atoms with Crippen LogP contribution in [0.1, 0.15) is 87.2 Å². The Kier molecular flexibility index (Phi) is 5.83. The highest BCUT2D eigenvalue weighted by molar-refractivity contribution is 5.88. The maximum Gasteiger partial charge on any atom is 0.360 e. The highest BCUT2D eigenvalue weighted by Crippen LogP contribution is 2.40. The van der Waals surface area contributed by atoms with Gasteiger partial charge >= 0.3 is 5.97 Å². The topological polar surface area (TPSA) is 75.4 Å². The second-order valence-corrected chi connectivity index (χ2v) is 9.82. The molecule has 3 heterocycles. The highest BCUT2D eigenvalue weighted by atomic mass is 16.4. The van der Waals surface area contributed by atoms with Gasteiger partial charge in [-0.05, 0) is 56.7 Å². The van der Waals surface area contributed by atoms with Crippen LogP contribution in [0.2, 0.25) is 0 Å². The molecule has 31 heavy (non-hydrogen) atoms. The molecule has 1 aromatic carbocycles. The minimum atomic E-state index is -1.24. The zero-order chi connectivity index (χ0) is 21.4. The number of fused-ring (bicyclic) bond motifs is 3. The molecule has 2 bridgehead atoms. The Hall–Kier alpha value is -2.21. The average Bonchev–Trinajstić information content (AvgIpc) is 2.77. The smallest absolute Gasteiger partial charge is 0.360 e. The SMILES string of the molecule is O=C(O)c1nc2ccccc2n(C2C[C@H]3CCC[C@@H](C2)N3CCC2CCCCC2)c1=O. The molecule has 0 amide bonds. The van der Waals surface area contributed by atoms with Gasteiger partial charge in [0, 0.05) is 18.1 Å². The lowest BCUT2D eigenvalue weighted by molar-refractivity contribution is 0.0118. The number of hydrogen-bond acceptors (Lipinski definition) is 4. The van der Waals surface area contributed by atoms with Crippen molar-refractivity contribution in [2.75, 3.05) is 6.54 Å². The molecule has 2 aliphatic heterocycles. The van der Waals surface area contributed by atoms with Crippen molar-refractivity contribution < 1.29 is 9.90 Å². The second kappa shape index (κ2) is 8.73. The molecule has 5 rings (SSSR count). The molecule has 6 nitrogen and oxygen atoms in total. The molecular weight excluding hydrogens is 390 g/mol. The lowest BCUT2D eigenvalue weighted by Gasteiger charge is -2.49. The van der Waals surface area contributed by atoms with Gasteiger partial charge < -0.3 is 9.67 Å². The molecule has 3 aliphatic rings. The summed E-state index contributed by atoms with van der Waals surface area (Å²) in [5.41, 5.74) is 0.536. The first-order chi connectivity index (χ1) is 15.1. The zero-order valence-corrected chi connectivity index (χ0v) is 18.2.